The summed E-state index contributed by atoms with van der Waals surface area (Å²) in [5, 5.41) is 3.44. The molecule has 0 amide bonds. The molecule has 0 unspecified atom stereocenters. The lowest BCUT2D eigenvalue weighted by molar-refractivity contribution is -0.686. The molecule has 0 saturated carbocycles. The van der Waals surface area contributed by atoms with E-state index in [1.54, 1.807) is 7.11 Å². The summed E-state index contributed by atoms with van der Waals surface area (Å²) in [7, 11) is 1.62. The van der Waals surface area contributed by atoms with Gasteiger partial charge in [-0.2, -0.15) is 0 Å². The average Bonchev–Trinajstić information content (AvgIpc) is 2.69. The van der Waals surface area contributed by atoms with E-state index < -0.39 is 0 Å². The fourth-order valence-corrected chi connectivity index (χ4v) is 3.40. The summed E-state index contributed by atoms with van der Waals surface area (Å²) in [6.45, 7) is 4.13. The first-order chi connectivity index (χ1) is 13.6. The fourth-order valence-electron chi connectivity index (χ4n) is 2.93. The SMILES string of the molecule is COc1cc(C[NH2+]Cc2ccc(C)cc2)cc(Cl)c1OCc1ccccc1Cl. The standard InChI is InChI=1S/C23H23Cl2NO2/c1-16-7-9-17(10-8-16)13-26-14-18-11-21(25)23(22(12-18)27-2)28-15-19-5-3-4-6-20(19)24/h3-12,26H,13-15H2,1-2H3/p+1. The highest BCUT2D eigenvalue weighted by molar-refractivity contribution is 6.32. The van der Waals surface area contributed by atoms with Crippen LogP contribution in [0.25, 0.3) is 0 Å². The van der Waals surface area contributed by atoms with Crippen molar-refractivity contribution in [3.05, 3.63) is 93.0 Å². The van der Waals surface area contributed by atoms with Crippen molar-refractivity contribution in [1.82, 2.24) is 0 Å². The van der Waals surface area contributed by atoms with Crippen molar-refractivity contribution in [2.45, 2.75) is 26.6 Å². The third kappa shape index (κ3) is 5.41. The van der Waals surface area contributed by atoms with Gasteiger partial charge in [0.05, 0.1) is 12.1 Å². The van der Waals surface area contributed by atoms with Crippen molar-refractivity contribution >= 4 is 23.2 Å². The summed E-state index contributed by atoms with van der Waals surface area (Å²) in [4.78, 5) is 0. The molecule has 0 atom stereocenters. The Morgan fingerprint density at radius 3 is 2.29 bits per heavy atom. The van der Waals surface area contributed by atoms with Crippen LogP contribution in [-0.4, -0.2) is 7.11 Å². The Kier molecular flexibility index (Phi) is 7.21. The Hall–Kier alpha value is -2.20. The molecule has 146 valence electrons. The van der Waals surface area contributed by atoms with Gasteiger partial charge < -0.3 is 14.8 Å². The van der Waals surface area contributed by atoms with Gasteiger partial charge in [-0.3, -0.25) is 0 Å². The molecule has 28 heavy (non-hydrogen) atoms. The zero-order valence-electron chi connectivity index (χ0n) is 16.0. The quantitative estimate of drug-likeness (QED) is 0.550. The molecule has 0 aliphatic heterocycles. The van der Waals surface area contributed by atoms with Crippen molar-refractivity contribution in [2.24, 2.45) is 0 Å². The molecule has 0 spiro atoms. The smallest absolute Gasteiger partial charge is 0.180 e. The Bertz CT molecular complexity index is 926. The maximum absolute atomic E-state index is 6.48. The molecular weight excluding hydrogens is 393 g/mol. The summed E-state index contributed by atoms with van der Waals surface area (Å²) >= 11 is 12.7. The second-order valence-corrected chi connectivity index (χ2v) is 7.49. The van der Waals surface area contributed by atoms with Gasteiger partial charge in [0.1, 0.15) is 19.7 Å². The van der Waals surface area contributed by atoms with Crippen LogP contribution in [0.4, 0.5) is 0 Å². The normalized spacial score (nSPS) is 10.7. The zero-order valence-corrected chi connectivity index (χ0v) is 17.6. The molecular formula is C23H24Cl2NO2+. The number of rotatable bonds is 8. The number of hydrogen-bond donors (Lipinski definition) is 1. The average molecular weight is 417 g/mol. The second kappa shape index (κ2) is 9.83. The molecule has 3 rings (SSSR count). The third-order valence-electron chi connectivity index (χ3n) is 4.50. The predicted octanol–water partition coefficient (Wildman–Crippen LogP) is 5.15. The number of halogens is 2. The first-order valence-corrected chi connectivity index (χ1v) is 9.92. The summed E-state index contributed by atoms with van der Waals surface area (Å²) in [6, 6.07) is 20.1. The molecule has 0 aromatic heterocycles. The van der Waals surface area contributed by atoms with Crippen LogP contribution in [0, 0.1) is 6.92 Å². The van der Waals surface area contributed by atoms with E-state index in [-0.39, 0.29) is 0 Å². The first kappa shape index (κ1) is 20.5. The monoisotopic (exact) mass is 416 g/mol. The Morgan fingerprint density at radius 2 is 1.57 bits per heavy atom. The number of quaternary nitrogens is 1. The van der Waals surface area contributed by atoms with E-state index in [0.717, 1.165) is 24.2 Å². The van der Waals surface area contributed by atoms with Crippen LogP contribution in [-0.2, 0) is 19.7 Å². The van der Waals surface area contributed by atoms with Gasteiger partial charge in [0.2, 0.25) is 0 Å². The van der Waals surface area contributed by atoms with Gasteiger partial charge in [0.15, 0.2) is 11.5 Å². The van der Waals surface area contributed by atoms with Crippen LogP contribution in [0.2, 0.25) is 10.0 Å². The highest BCUT2D eigenvalue weighted by Gasteiger charge is 2.14. The minimum atomic E-state index is 0.328. The Morgan fingerprint density at radius 1 is 0.857 bits per heavy atom. The van der Waals surface area contributed by atoms with Crippen LogP contribution in [0.3, 0.4) is 0 Å². The van der Waals surface area contributed by atoms with Crippen LogP contribution >= 0.6 is 23.2 Å². The van der Waals surface area contributed by atoms with Crippen LogP contribution < -0.4 is 14.8 Å². The lowest BCUT2D eigenvalue weighted by atomic mass is 10.1. The maximum atomic E-state index is 6.48. The molecule has 0 radical (unpaired) electrons. The van der Waals surface area contributed by atoms with Crippen molar-refractivity contribution in [3.63, 3.8) is 0 Å². The Labute approximate surface area is 176 Å². The summed E-state index contributed by atoms with van der Waals surface area (Å²) in [5.41, 5.74) is 4.55. The van der Waals surface area contributed by atoms with Crippen molar-refractivity contribution in [3.8, 4) is 11.5 Å². The van der Waals surface area contributed by atoms with Gasteiger partial charge in [-0.25, -0.2) is 0 Å². The highest BCUT2D eigenvalue weighted by Crippen LogP contribution is 2.37. The molecule has 0 aliphatic carbocycles. The van der Waals surface area contributed by atoms with Crippen molar-refractivity contribution < 1.29 is 14.8 Å². The minimum absolute atomic E-state index is 0.328. The third-order valence-corrected chi connectivity index (χ3v) is 5.15. The number of methoxy groups -OCH3 is 1. The number of nitrogens with two attached hydrogens (primary N) is 1. The van der Waals surface area contributed by atoms with Crippen molar-refractivity contribution in [1.29, 1.82) is 0 Å². The maximum Gasteiger partial charge on any atom is 0.180 e. The van der Waals surface area contributed by atoms with Gasteiger partial charge in [0, 0.05) is 21.7 Å². The molecule has 3 nitrogen and oxygen atoms in total. The molecule has 0 aliphatic rings. The molecule has 0 heterocycles. The molecule has 2 N–H and O–H groups in total. The topological polar surface area (TPSA) is 35.1 Å². The van der Waals surface area contributed by atoms with Gasteiger partial charge in [-0.1, -0.05) is 71.2 Å². The molecule has 3 aromatic carbocycles. The molecule has 3 aromatic rings. The van der Waals surface area contributed by atoms with Gasteiger partial charge in [-0.05, 0) is 25.1 Å². The van der Waals surface area contributed by atoms with E-state index in [2.05, 4.69) is 36.5 Å². The number of aryl methyl sites for hydroxylation is 1. The van der Waals surface area contributed by atoms with E-state index in [1.807, 2.05) is 36.4 Å². The largest absolute Gasteiger partial charge is 0.493 e. The van der Waals surface area contributed by atoms with E-state index in [1.165, 1.54) is 11.1 Å². The van der Waals surface area contributed by atoms with Gasteiger partial charge in [0.25, 0.3) is 0 Å². The number of benzene rings is 3. The molecule has 5 heteroatoms. The van der Waals surface area contributed by atoms with E-state index in [4.69, 9.17) is 32.7 Å². The highest BCUT2D eigenvalue weighted by atomic mass is 35.5. The lowest BCUT2D eigenvalue weighted by Gasteiger charge is -2.14. The van der Waals surface area contributed by atoms with Crippen LogP contribution in [0.1, 0.15) is 22.3 Å². The first-order valence-electron chi connectivity index (χ1n) is 9.16. The summed E-state index contributed by atoms with van der Waals surface area (Å²) in [5.74, 6) is 1.16. The van der Waals surface area contributed by atoms with E-state index >= 15 is 0 Å². The molecule has 0 saturated heterocycles. The van der Waals surface area contributed by atoms with Crippen LogP contribution in [0.5, 0.6) is 11.5 Å². The minimum Gasteiger partial charge on any atom is -0.493 e. The lowest BCUT2D eigenvalue weighted by Crippen LogP contribution is -2.80. The number of ether oxygens (including phenoxy) is 2. The van der Waals surface area contributed by atoms with E-state index in [9.17, 15) is 0 Å². The Balaban J connectivity index is 1.65. The summed E-state index contributed by atoms with van der Waals surface area (Å²) in [6.07, 6.45) is 0. The van der Waals surface area contributed by atoms with Crippen LogP contribution in [0.15, 0.2) is 60.7 Å². The summed E-state index contributed by atoms with van der Waals surface area (Å²) < 4.78 is 11.4. The molecule has 0 bridgehead atoms. The zero-order chi connectivity index (χ0) is 19.9. The molecule has 0 fully saturated rings. The van der Waals surface area contributed by atoms with Crippen molar-refractivity contribution in [2.75, 3.05) is 7.11 Å². The van der Waals surface area contributed by atoms with Gasteiger partial charge in [-0.15, -0.1) is 0 Å². The van der Waals surface area contributed by atoms with Gasteiger partial charge >= 0.3 is 0 Å². The van der Waals surface area contributed by atoms with E-state index in [0.29, 0.717) is 28.2 Å². The number of hydrogen-bond acceptors (Lipinski definition) is 2. The second-order valence-electron chi connectivity index (χ2n) is 6.67. The predicted molar refractivity (Wildman–Crippen MR) is 114 cm³/mol. The fraction of sp³-hybridized carbons (Fsp3) is 0.217.